The van der Waals surface area contributed by atoms with Gasteiger partial charge in [-0.3, -0.25) is 0 Å². The lowest BCUT2D eigenvalue weighted by atomic mass is 10.1. The third-order valence-electron chi connectivity index (χ3n) is 4.07. The van der Waals surface area contributed by atoms with Crippen LogP contribution in [0.5, 0.6) is 0 Å². The molecule has 1 aromatic rings. The predicted octanol–water partition coefficient (Wildman–Crippen LogP) is 3.38. The van der Waals surface area contributed by atoms with Crippen molar-refractivity contribution in [3.05, 3.63) is 29.3 Å². The zero-order valence-electron chi connectivity index (χ0n) is 11.9. The standard InChI is InChI=1S/C16H23NO2/c1-12-7-8-13(2)14(11-12)17(15-5-3-9-18-15)16-6-4-10-19-16/h7-8,11,15-16H,3-6,9-10H2,1-2H3. The maximum atomic E-state index is 5.92. The number of benzene rings is 1. The number of nitrogens with zero attached hydrogens (tertiary/aromatic N) is 1. The van der Waals surface area contributed by atoms with Crippen molar-refractivity contribution in [2.75, 3.05) is 18.1 Å². The summed E-state index contributed by atoms with van der Waals surface area (Å²) in [5.74, 6) is 0. The van der Waals surface area contributed by atoms with Gasteiger partial charge in [0.2, 0.25) is 0 Å². The van der Waals surface area contributed by atoms with Gasteiger partial charge in [0.05, 0.1) is 0 Å². The lowest BCUT2D eigenvalue weighted by molar-refractivity contribution is 0.0394. The average Bonchev–Trinajstić information content (AvgIpc) is 3.07. The number of rotatable bonds is 3. The molecule has 0 spiro atoms. The molecule has 2 heterocycles. The molecule has 2 atom stereocenters. The van der Waals surface area contributed by atoms with Gasteiger partial charge in [0, 0.05) is 18.9 Å². The molecular formula is C16H23NO2. The van der Waals surface area contributed by atoms with Gasteiger partial charge in [-0.2, -0.15) is 0 Å². The highest BCUT2D eigenvalue weighted by molar-refractivity contribution is 5.56. The zero-order valence-corrected chi connectivity index (χ0v) is 11.9. The lowest BCUT2D eigenvalue weighted by Gasteiger charge is -2.36. The van der Waals surface area contributed by atoms with Crippen molar-refractivity contribution >= 4 is 5.69 Å². The van der Waals surface area contributed by atoms with E-state index >= 15 is 0 Å². The molecule has 0 aromatic heterocycles. The van der Waals surface area contributed by atoms with E-state index in [0.29, 0.717) is 0 Å². The molecule has 3 rings (SSSR count). The van der Waals surface area contributed by atoms with Crippen LogP contribution in [0.15, 0.2) is 18.2 Å². The largest absolute Gasteiger partial charge is 0.358 e. The fourth-order valence-corrected chi connectivity index (χ4v) is 3.05. The number of aryl methyl sites for hydroxylation is 2. The van der Waals surface area contributed by atoms with Crippen molar-refractivity contribution in [1.29, 1.82) is 0 Å². The highest BCUT2D eigenvalue weighted by Crippen LogP contribution is 2.33. The fraction of sp³-hybridized carbons (Fsp3) is 0.625. The molecule has 3 nitrogen and oxygen atoms in total. The summed E-state index contributed by atoms with van der Waals surface area (Å²) < 4.78 is 11.8. The number of anilines is 1. The molecule has 2 aliphatic rings. The number of hydrogen-bond donors (Lipinski definition) is 0. The van der Waals surface area contributed by atoms with E-state index in [-0.39, 0.29) is 12.5 Å². The molecule has 2 fully saturated rings. The van der Waals surface area contributed by atoms with E-state index in [4.69, 9.17) is 9.47 Å². The molecule has 0 radical (unpaired) electrons. The Hall–Kier alpha value is -1.06. The third kappa shape index (κ3) is 2.63. The van der Waals surface area contributed by atoms with Crippen LogP contribution < -0.4 is 4.90 Å². The van der Waals surface area contributed by atoms with Gasteiger partial charge >= 0.3 is 0 Å². The summed E-state index contributed by atoms with van der Waals surface area (Å²) in [5.41, 5.74) is 3.87. The summed E-state index contributed by atoms with van der Waals surface area (Å²) in [6.45, 7) is 6.06. The monoisotopic (exact) mass is 261 g/mol. The highest BCUT2D eigenvalue weighted by atomic mass is 16.5. The summed E-state index contributed by atoms with van der Waals surface area (Å²) in [4.78, 5) is 2.38. The fourth-order valence-electron chi connectivity index (χ4n) is 3.05. The van der Waals surface area contributed by atoms with E-state index in [1.54, 1.807) is 0 Å². The van der Waals surface area contributed by atoms with Crippen LogP contribution in [-0.4, -0.2) is 25.7 Å². The van der Waals surface area contributed by atoms with Crippen molar-refractivity contribution in [3.8, 4) is 0 Å². The molecule has 0 N–H and O–H groups in total. The van der Waals surface area contributed by atoms with Crippen LogP contribution in [0.1, 0.15) is 36.8 Å². The summed E-state index contributed by atoms with van der Waals surface area (Å²) in [6, 6.07) is 6.63. The summed E-state index contributed by atoms with van der Waals surface area (Å²) in [5, 5.41) is 0. The van der Waals surface area contributed by atoms with Gasteiger partial charge in [0.25, 0.3) is 0 Å². The molecule has 0 amide bonds. The molecular weight excluding hydrogens is 238 g/mol. The normalized spacial score (nSPS) is 26.8. The Kier molecular flexibility index (Phi) is 3.76. The molecule has 0 aliphatic carbocycles. The van der Waals surface area contributed by atoms with Crippen molar-refractivity contribution < 1.29 is 9.47 Å². The van der Waals surface area contributed by atoms with Gasteiger partial charge in [0.15, 0.2) is 0 Å². The third-order valence-corrected chi connectivity index (χ3v) is 4.07. The van der Waals surface area contributed by atoms with Crippen LogP contribution in [0.2, 0.25) is 0 Å². The van der Waals surface area contributed by atoms with Gasteiger partial charge < -0.3 is 14.4 Å². The van der Waals surface area contributed by atoms with Gasteiger partial charge in [-0.05, 0) is 56.7 Å². The highest BCUT2D eigenvalue weighted by Gasteiger charge is 2.33. The SMILES string of the molecule is Cc1ccc(C)c(N(C2CCCO2)C2CCCO2)c1. The van der Waals surface area contributed by atoms with Crippen molar-refractivity contribution in [2.24, 2.45) is 0 Å². The van der Waals surface area contributed by atoms with Gasteiger partial charge in [-0.1, -0.05) is 12.1 Å². The molecule has 0 saturated carbocycles. The van der Waals surface area contributed by atoms with Crippen LogP contribution in [0.4, 0.5) is 5.69 Å². The minimum absolute atomic E-state index is 0.184. The van der Waals surface area contributed by atoms with Crippen molar-refractivity contribution in [1.82, 2.24) is 0 Å². The van der Waals surface area contributed by atoms with E-state index in [2.05, 4.69) is 36.9 Å². The Morgan fingerprint density at radius 2 is 1.63 bits per heavy atom. The maximum Gasteiger partial charge on any atom is 0.132 e. The first-order chi connectivity index (χ1) is 9.25. The maximum absolute atomic E-state index is 5.92. The summed E-state index contributed by atoms with van der Waals surface area (Å²) >= 11 is 0. The first-order valence-electron chi connectivity index (χ1n) is 7.34. The Bertz CT molecular complexity index is 418. The molecule has 3 heteroatoms. The van der Waals surface area contributed by atoms with E-state index < -0.39 is 0 Å². The van der Waals surface area contributed by atoms with Crippen LogP contribution in [0, 0.1) is 13.8 Å². The minimum atomic E-state index is 0.184. The van der Waals surface area contributed by atoms with E-state index in [1.807, 2.05) is 0 Å². The lowest BCUT2D eigenvalue weighted by Crippen LogP contribution is -2.43. The molecule has 0 bridgehead atoms. The van der Waals surface area contributed by atoms with E-state index in [9.17, 15) is 0 Å². The number of hydrogen-bond acceptors (Lipinski definition) is 3. The Balaban J connectivity index is 1.94. The molecule has 2 aliphatic heterocycles. The summed E-state index contributed by atoms with van der Waals surface area (Å²) in [7, 11) is 0. The quantitative estimate of drug-likeness (QED) is 0.832. The second kappa shape index (κ2) is 5.51. The van der Waals surface area contributed by atoms with Gasteiger partial charge in [0.1, 0.15) is 12.5 Å². The molecule has 104 valence electrons. The first-order valence-corrected chi connectivity index (χ1v) is 7.34. The Morgan fingerprint density at radius 1 is 1.00 bits per heavy atom. The topological polar surface area (TPSA) is 21.7 Å². The minimum Gasteiger partial charge on any atom is -0.358 e. The summed E-state index contributed by atoms with van der Waals surface area (Å²) in [6.07, 6.45) is 4.88. The molecule has 1 aromatic carbocycles. The Labute approximate surface area is 115 Å². The molecule has 2 saturated heterocycles. The zero-order chi connectivity index (χ0) is 13.2. The first kappa shape index (κ1) is 12.9. The van der Waals surface area contributed by atoms with E-state index in [0.717, 1.165) is 38.9 Å². The Morgan fingerprint density at radius 3 is 2.16 bits per heavy atom. The van der Waals surface area contributed by atoms with Crippen LogP contribution in [0.25, 0.3) is 0 Å². The predicted molar refractivity (Wildman–Crippen MR) is 76.3 cm³/mol. The smallest absolute Gasteiger partial charge is 0.132 e. The second-order valence-electron chi connectivity index (χ2n) is 5.63. The molecule has 2 unspecified atom stereocenters. The average molecular weight is 261 g/mol. The van der Waals surface area contributed by atoms with E-state index in [1.165, 1.54) is 16.8 Å². The molecule has 19 heavy (non-hydrogen) atoms. The van der Waals surface area contributed by atoms with Crippen LogP contribution in [-0.2, 0) is 9.47 Å². The van der Waals surface area contributed by atoms with Crippen LogP contribution in [0.3, 0.4) is 0 Å². The van der Waals surface area contributed by atoms with Crippen molar-refractivity contribution in [3.63, 3.8) is 0 Å². The van der Waals surface area contributed by atoms with Crippen molar-refractivity contribution in [2.45, 2.75) is 52.0 Å². The number of ether oxygens (including phenoxy) is 2. The van der Waals surface area contributed by atoms with Crippen LogP contribution >= 0.6 is 0 Å². The second-order valence-corrected chi connectivity index (χ2v) is 5.63. The van der Waals surface area contributed by atoms with Gasteiger partial charge in [-0.15, -0.1) is 0 Å². The van der Waals surface area contributed by atoms with Gasteiger partial charge in [-0.25, -0.2) is 0 Å².